The Morgan fingerprint density at radius 3 is 2.64 bits per heavy atom. The second kappa shape index (κ2) is 4.69. The Labute approximate surface area is 82.6 Å². The van der Waals surface area contributed by atoms with Crippen molar-refractivity contribution in [3.8, 4) is 0 Å². The average molecular weight is 196 g/mol. The van der Waals surface area contributed by atoms with Gasteiger partial charge in [-0.15, -0.1) is 0 Å². The van der Waals surface area contributed by atoms with Crippen molar-refractivity contribution in [2.45, 2.75) is 13.8 Å². The number of rotatable bonds is 3. The maximum atomic E-state index is 13.2. The number of halogens is 1. The summed E-state index contributed by atoms with van der Waals surface area (Å²) < 4.78 is 13.2. The molecule has 0 N–H and O–H groups in total. The van der Waals surface area contributed by atoms with Crippen LogP contribution in [-0.2, 0) is 0 Å². The summed E-state index contributed by atoms with van der Waals surface area (Å²) in [6.07, 6.45) is 2.47. The normalized spacial score (nSPS) is 9.93. The Morgan fingerprint density at radius 2 is 2.14 bits per heavy atom. The van der Waals surface area contributed by atoms with Crippen LogP contribution in [0.25, 0.3) is 0 Å². The molecule has 0 atom stereocenters. The van der Waals surface area contributed by atoms with Crippen LogP contribution in [-0.4, -0.2) is 28.9 Å². The highest BCUT2D eigenvalue weighted by Gasteiger charge is 2.15. The third kappa shape index (κ3) is 2.07. The Bertz CT molecular complexity index is 324. The zero-order valence-corrected chi connectivity index (χ0v) is 8.33. The number of pyridine rings is 1. The second-order valence-corrected chi connectivity index (χ2v) is 2.83. The molecule has 1 rings (SSSR count). The summed E-state index contributed by atoms with van der Waals surface area (Å²) >= 11 is 0. The average Bonchev–Trinajstić information content (AvgIpc) is 2.20. The molecule has 0 radical (unpaired) electrons. The van der Waals surface area contributed by atoms with Gasteiger partial charge in [0, 0.05) is 19.3 Å². The van der Waals surface area contributed by atoms with Gasteiger partial charge in [-0.2, -0.15) is 0 Å². The summed E-state index contributed by atoms with van der Waals surface area (Å²) in [5.41, 5.74) is 0.0868. The van der Waals surface area contributed by atoms with E-state index in [1.54, 1.807) is 4.90 Å². The van der Waals surface area contributed by atoms with E-state index in [-0.39, 0.29) is 11.5 Å². The number of amides is 1. The monoisotopic (exact) mass is 196 g/mol. The molecule has 0 fully saturated rings. The van der Waals surface area contributed by atoms with Crippen molar-refractivity contribution in [2.24, 2.45) is 0 Å². The lowest BCUT2D eigenvalue weighted by molar-refractivity contribution is 0.0768. The van der Waals surface area contributed by atoms with Gasteiger partial charge in [0.1, 0.15) is 0 Å². The lowest BCUT2D eigenvalue weighted by Gasteiger charge is -2.18. The molecule has 0 unspecified atom stereocenters. The van der Waals surface area contributed by atoms with Gasteiger partial charge in [0.25, 0.3) is 5.91 Å². The van der Waals surface area contributed by atoms with Crippen molar-refractivity contribution in [3.05, 3.63) is 29.8 Å². The Balaban J connectivity index is 2.94. The number of aromatic nitrogens is 1. The summed E-state index contributed by atoms with van der Waals surface area (Å²) in [4.78, 5) is 16.8. The Hall–Kier alpha value is -1.45. The van der Waals surface area contributed by atoms with Crippen molar-refractivity contribution in [1.82, 2.24) is 9.88 Å². The summed E-state index contributed by atoms with van der Waals surface area (Å²) in [6.45, 7) is 4.88. The van der Waals surface area contributed by atoms with Crippen LogP contribution < -0.4 is 0 Å². The van der Waals surface area contributed by atoms with Gasteiger partial charge in [0.05, 0.1) is 11.8 Å². The van der Waals surface area contributed by atoms with Crippen molar-refractivity contribution >= 4 is 5.91 Å². The van der Waals surface area contributed by atoms with Gasteiger partial charge in [-0.3, -0.25) is 9.78 Å². The highest BCUT2D eigenvalue weighted by atomic mass is 19.1. The summed E-state index contributed by atoms with van der Waals surface area (Å²) in [5.74, 6) is -0.848. The van der Waals surface area contributed by atoms with E-state index in [4.69, 9.17) is 0 Å². The van der Waals surface area contributed by atoms with E-state index in [1.165, 1.54) is 12.3 Å². The van der Waals surface area contributed by atoms with Gasteiger partial charge >= 0.3 is 0 Å². The van der Waals surface area contributed by atoms with Gasteiger partial charge in [0.2, 0.25) is 0 Å². The smallest absolute Gasteiger partial charge is 0.256 e. The van der Waals surface area contributed by atoms with Crippen LogP contribution in [0.4, 0.5) is 4.39 Å². The molecule has 0 aliphatic rings. The largest absolute Gasteiger partial charge is 0.339 e. The highest BCUT2D eigenvalue weighted by Crippen LogP contribution is 2.08. The molecule has 0 spiro atoms. The first-order chi connectivity index (χ1) is 6.70. The van der Waals surface area contributed by atoms with E-state index in [9.17, 15) is 9.18 Å². The maximum absolute atomic E-state index is 13.2. The minimum Gasteiger partial charge on any atom is -0.339 e. The molecule has 0 aliphatic heterocycles. The van der Waals surface area contributed by atoms with E-state index >= 15 is 0 Å². The van der Waals surface area contributed by atoms with E-state index in [2.05, 4.69) is 4.98 Å². The SMILES string of the molecule is CCN(CC)C(=O)c1ccncc1F. The lowest BCUT2D eigenvalue weighted by Crippen LogP contribution is -2.31. The number of carbonyl (C=O) groups is 1. The molecule has 0 aliphatic carbocycles. The maximum Gasteiger partial charge on any atom is 0.256 e. The second-order valence-electron chi connectivity index (χ2n) is 2.83. The fraction of sp³-hybridized carbons (Fsp3) is 0.400. The van der Waals surface area contributed by atoms with Crippen molar-refractivity contribution in [1.29, 1.82) is 0 Å². The van der Waals surface area contributed by atoms with E-state index in [0.29, 0.717) is 13.1 Å². The van der Waals surface area contributed by atoms with Crippen LogP contribution in [0.3, 0.4) is 0 Å². The van der Waals surface area contributed by atoms with Gasteiger partial charge in [-0.05, 0) is 19.9 Å². The predicted molar refractivity (Wildman–Crippen MR) is 51.4 cm³/mol. The van der Waals surface area contributed by atoms with Crippen LogP contribution in [0.2, 0.25) is 0 Å². The molecule has 1 amide bonds. The molecule has 0 aromatic carbocycles. The standard InChI is InChI=1S/C10H13FN2O/c1-3-13(4-2)10(14)8-5-6-12-7-9(8)11/h5-7H,3-4H2,1-2H3. The minimum absolute atomic E-state index is 0.0868. The molecule has 1 heterocycles. The molecule has 3 nitrogen and oxygen atoms in total. The number of hydrogen-bond donors (Lipinski definition) is 0. The Kier molecular flexibility index (Phi) is 3.56. The number of carbonyl (C=O) groups excluding carboxylic acids is 1. The van der Waals surface area contributed by atoms with Crippen LogP contribution in [0.15, 0.2) is 18.5 Å². The van der Waals surface area contributed by atoms with Crippen LogP contribution in [0.5, 0.6) is 0 Å². The topological polar surface area (TPSA) is 33.2 Å². The fourth-order valence-electron chi connectivity index (χ4n) is 1.23. The van der Waals surface area contributed by atoms with Gasteiger partial charge < -0.3 is 4.90 Å². The van der Waals surface area contributed by atoms with Crippen LogP contribution in [0, 0.1) is 5.82 Å². The first-order valence-corrected chi connectivity index (χ1v) is 4.59. The van der Waals surface area contributed by atoms with Crippen molar-refractivity contribution in [2.75, 3.05) is 13.1 Å². The predicted octanol–water partition coefficient (Wildman–Crippen LogP) is 1.70. The lowest BCUT2D eigenvalue weighted by atomic mass is 10.2. The quantitative estimate of drug-likeness (QED) is 0.737. The summed E-state index contributed by atoms with van der Waals surface area (Å²) in [5, 5.41) is 0. The number of nitrogens with zero attached hydrogens (tertiary/aromatic N) is 2. The Morgan fingerprint density at radius 1 is 1.50 bits per heavy atom. The highest BCUT2D eigenvalue weighted by molar-refractivity contribution is 5.94. The first-order valence-electron chi connectivity index (χ1n) is 4.59. The van der Waals surface area contributed by atoms with Gasteiger partial charge in [0.15, 0.2) is 5.82 Å². The third-order valence-electron chi connectivity index (χ3n) is 2.05. The summed E-state index contributed by atoms with van der Waals surface area (Å²) in [6, 6.07) is 1.40. The molecule has 14 heavy (non-hydrogen) atoms. The van der Waals surface area contributed by atoms with Gasteiger partial charge in [-0.1, -0.05) is 0 Å². The molecule has 76 valence electrons. The van der Waals surface area contributed by atoms with Crippen LogP contribution >= 0.6 is 0 Å². The molecule has 0 bridgehead atoms. The van der Waals surface area contributed by atoms with Crippen LogP contribution in [0.1, 0.15) is 24.2 Å². The molecular weight excluding hydrogens is 183 g/mol. The van der Waals surface area contributed by atoms with E-state index in [0.717, 1.165) is 6.20 Å². The van der Waals surface area contributed by atoms with Crippen molar-refractivity contribution in [3.63, 3.8) is 0 Å². The molecule has 1 aromatic heterocycles. The zero-order valence-electron chi connectivity index (χ0n) is 8.33. The molecule has 1 aromatic rings. The van der Waals surface area contributed by atoms with Crippen molar-refractivity contribution < 1.29 is 9.18 Å². The molecule has 4 heteroatoms. The molecule has 0 saturated heterocycles. The summed E-state index contributed by atoms with van der Waals surface area (Å²) in [7, 11) is 0. The zero-order chi connectivity index (χ0) is 10.6. The molecule has 0 saturated carbocycles. The van der Waals surface area contributed by atoms with E-state index in [1.807, 2.05) is 13.8 Å². The third-order valence-corrected chi connectivity index (χ3v) is 2.05. The first kappa shape index (κ1) is 10.6. The van der Waals surface area contributed by atoms with Gasteiger partial charge in [-0.25, -0.2) is 4.39 Å². The number of hydrogen-bond acceptors (Lipinski definition) is 2. The fourth-order valence-corrected chi connectivity index (χ4v) is 1.23. The van der Waals surface area contributed by atoms with E-state index < -0.39 is 5.82 Å². The minimum atomic E-state index is -0.565. The molecular formula is C10H13FN2O.